The summed E-state index contributed by atoms with van der Waals surface area (Å²) in [4.78, 5) is 3.96. The van der Waals surface area contributed by atoms with Crippen LogP contribution in [0.1, 0.15) is 12.8 Å². The molecule has 1 aliphatic rings. The fourth-order valence-electron chi connectivity index (χ4n) is 0.702. The van der Waals surface area contributed by atoms with Gasteiger partial charge in [0.25, 0.3) is 0 Å². The van der Waals surface area contributed by atoms with Crippen LogP contribution in [0.3, 0.4) is 0 Å². The number of aliphatic imine (C=N–C) groups is 1. The van der Waals surface area contributed by atoms with Crippen LogP contribution in [0.25, 0.3) is 0 Å². The van der Waals surface area contributed by atoms with Gasteiger partial charge in [-0.1, -0.05) is 0 Å². The average molecular weight is 110 g/mol. The van der Waals surface area contributed by atoms with Crippen LogP contribution >= 0.6 is 0 Å². The van der Waals surface area contributed by atoms with Gasteiger partial charge in [0, 0.05) is 19.0 Å². The summed E-state index contributed by atoms with van der Waals surface area (Å²) in [5.74, 6) is 0. The van der Waals surface area contributed by atoms with E-state index in [0.29, 0.717) is 6.54 Å². The molecule has 2 heteroatoms. The maximum absolute atomic E-state index is 5.36. The molecule has 8 heavy (non-hydrogen) atoms. The third kappa shape index (κ3) is 1.17. The lowest BCUT2D eigenvalue weighted by molar-refractivity contribution is 0.938. The molecule has 0 saturated heterocycles. The van der Waals surface area contributed by atoms with Gasteiger partial charge in [-0.2, -0.15) is 0 Å². The minimum absolute atomic E-state index is 0.664. The summed E-state index contributed by atoms with van der Waals surface area (Å²) >= 11 is 0. The molecule has 2 N–H and O–H groups in total. The second-order valence-electron chi connectivity index (χ2n) is 1.86. The molecule has 1 aliphatic heterocycles. The highest BCUT2D eigenvalue weighted by molar-refractivity contribution is 5.60. The smallest absolute Gasteiger partial charge is 0.0268 e. The Morgan fingerprint density at radius 1 is 1.75 bits per heavy atom. The molecule has 0 saturated carbocycles. The fraction of sp³-hybridized carbons (Fsp3) is 0.500. The highest BCUT2D eigenvalue weighted by Crippen LogP contribution is 2.05. The van der Waals surface area contributed by atoms with Gasteiger partial charge in [-0.05, 0) is 18.4 Å². The Labute approximate surface area is 49.1 Å². The van der Waals surface area contributed by atoms with E-state index in [1.807, 2.05) is 12.4 Å². The van der Waals surface area contributed by atoms with E-state index in [1.165, 1.54) is 5.57 Å². The molecule has 0 aromatic heterocycles. The van der Waals surface area contributed by atoms with Crippen molar-refractivity contribution in [2.45, 2.75) is 12.8 Å². The molecule has 0 radical (unpaired) electrons. The Balaban J connectivity index is 2.50. The van der Waals surface area contributed by atoms with E-state index >= 15 is 0 Å². The number of hydrogen-bond acceptors (Lipinski definition) is 2. The van der Waals surface area contributed by atoms with Crippen molar-refractivity contribution in [1.82, 2.24) is 0 Å². The normalized spacial score (nSPS) is 18.4. The lowest BCUT2D eigenvalue weighted by atomic mass is 10.1. The van der Waals surface area contributed by atoms with Gasteiger partial charge >= 0.3 is 0 Å². The molecule has 0 aliphatic carbocycles. The first-order chi connectivity index (χ1) is 3.93. The van der Waals surface area contributed by atoms with Crippen molar-refractivity contribution < 1.29 is 0 Å². The Hall–Kier alpha value is -0.630. The molecular formula is C6H10N2. The van der Waals surface area contributed by atoms with Crippen molar-refractivity contribution >= 4 is 6.21 Å². The zero-order valence-corrected chi connectivity index (χ0v) is 4.80. The van der Waals surface area contributed by atoms with E-state index in [4.69, 9.17) is 5.73 Å². The van der Waals surface area contributed by atoms with Gasteiger partial charge in [0.2, 0.25) is 0 Å². The lowest BCUT2D eigenvalue weighted by Gasteiger charge is -2.02. The molecule has 44 valence electrons. The van der Waals surface area contributed by atoms with Crippen molar-refractivity contribution in [3.05, 3.63) is 11.8 Å². The van der Waals surface area contributed by atoms with Crippen molar-refractivity contribution in [3.63, 3.8) is 0 Å². The summed E-state index contributed by atoms with van der Waals surface area (Å²) in [5.41, 5.74) is 6.62. The van der Waals surface area contributed by atoms with Crippen LogP contribution in [-0.4, -0.2) is 12.8 Å². The fourth-order valence-corrected chi connectivity index (χ4v) is 0.702. The summed E-state index contributed by atoms with van der Waals surface area (Å²) in [6.45, 7) is 0.664. The van der Waals surface area contributed by atoms with Crippen LogP contribution in [0.5, 0.6) is 0 Å². The largest absolute Gasteiger partial charge is 0.327 e. The molecule has 0 amide bonds. The Morgan fingerprint density at radius 2 is 2.62 bits per heavy atom. The molecule has 0 atom stereocenters. The van der Waals surface area contributed by atoms with Crippen LogP contribution in [0.2, 0.25) is 0 Å². The minimum atomic E-state index is 0.664. The van der Waals surface area contributed by atoms with Crippen molar-refractivity contribution in [3.8, 4) is 0 Å². The van der Waals surface area contributed by atoms with E-state index in [9.17, 15) is 0 Å². The van der Waals surface area contributed by atoms with Crippen molar-refractivity contribution in [2.75, 3.05) is 6.54 Å². The minimum Gasteiger partial charge on any atom is -0.327 e. The van der Waals surface area contributed by atoms with E-state index in [0.717, 1.165) is 12.8 Å². The third-order valence-electron chi connectivity index (χ3n) is 1.22. The molecule has 0 unspecified atom stereocenters. The summed E-state index contributed by atoms with van der Waals surface area (Å²) < 4.78 is 0. The molecule has 0 bridgehead atoms. The summed E-state index contributed by atoms with van der Waals surface area (Å²) in [7, 11) is 0. The van der Waals surface area contributed by atoms with Crippen LogP contribution < -0.4 is 5.73 Å². The van der Waals surface area contributed by atoms with Gasteiger partial charge in [0.1, 0.15) is 0 Å². The van der Waals surface area contributed by atoms with Crippen LogP contribution in [0.4, 0.5) is 0 Å². The number of nitrogens with two attached hydrogens (primary N) is 1. The first-order valence-corrected chi connectivity index (χ1v) is 2.83. The topological polar surface area (TPSA) is 38.4 Å². The molecule has 1 heterocycles. The molecule has 0 aromatic carbocycles. The standard InChI is InChI=1S/C6H10N2/c7-4-6-2-1-3-8-5-6/h3,5H,1-2,4,7H2. The van der Waals surface area contributed by atoms with Gasteiger partial charge in [0.15, 0.2) is 0 Å². The molecular weight excluding hydrogens is 100 g/mol. The van der Waals surface area contributed by atoms with Crippen molar-refractivity contribution in [2.24, 2.45) is 10.7 Å². The second-order valence-corrected chi connectivity index (χ2v) is 1.86. The second kappa shape index (κ2) is 2.62. The SMILES string of the molecule is NCC1=CN=CCC1. The van der Waals surface area contributed by atoms with E-state index in [-0.39, 0.29) is 0 Å². The monoisotopic (exact) mass is 110 g/mol. The highest BCUT2D eigenvalue weighted by Gasteiger charge is 1.94. The predicted molar refractivity (Wildman–Crippen MR) is 34.9 cm³/mol. The van der Waals surface area contributed by atoms with Gasteiger partial charge in [-0.3, -0.25) is 4.99 Å². The lowest BCUT2D eigenvalue weighted by Crippen LogP contribution is -2.04. The van der Waals surface area contributed by atoms with Crippen molar-refractivity contribution in [1.29, 1.82) is 0 Å². The zero-order chi connectivity index (χ0) is 5.82. The summed E-state index contributed by atoms with van der Waals surface area (Å²) in [5, 5.41) is 0. The molecule has 0 fully saturated rings. The maximum atomic E-state index is 5.36. The number of rotatable bonds is 1. The number of hydrogen-bond donors (Lipinski definition) is 1. The van der Waals surface area contributed by atoms with E-state index in [2.05, 4.69) is 4.99 Å². The maximum Gasteiger partial charge on any atom is 0.0268 e. The Bertz CT molecular complexity index is 124. The Kier molecular flexibility index (Phi) is 1.80. The quantitative estimate of drug-likeness (QED) is 0.530. The number of nitrogens with zero attached hydrogens (tertiary/aromatic N) is 1. The van der Waals surface area contributed by atoms with E-state index in [1.54, 1.807) is 0 Å². The van der Waals surface area contributed by atoms with Gasteiger partial charge in [0.05, 0.1) is 0 Å². The van der Waals surface area contributed by atoms with Crippen LogP contribution in [-0.2, 0) is 0 Å². The summed E-state index contributed by atoms with van der Waals surface area (Å²) in [6, 6.07) is 0. The zero-order valence-electron chi connectivity index (χ0n) is 4.80. The van der Waals surface area contributed by atoms with Gasteiger partial charge < -0.3 is 5.73 Å². The van der Waals surface area contributed by atoms with E-state index < -0.39 is 0 Å². The Morgan fingerprint density at radius 3 is 3.00 bits per heavy atom. The van der Waals surface area contributed by atoms with Gasteiger partial charge in [-0.25, -0.2) is 0 Å². The molecule has 0 spiro atoms. The molecule has 2 nitrogen and oxygen atoms in total. The first kappa shape index (κ1) is 5.51. The third-order valence-corrected chi connectivity index (χ3v) is 1.22. The van der Waals surface area contributed by atoms with Crippen LogP contribution in [0, 0.1) is 0 Å². The van der Waals surface area contributed by atoms with Gasteiger partial charge in [-0.15, -0.1) is 0 Å². The predicted octanol–water partition coefficient (Wildman–Crippen LogP) is 0.694. The molecule has 1 rings (SSSR count). The highest BCUT2D eigenvalue weighted by atomic mass is 14.7. The summed E-state index contributed by atoms with van der Waals surface area (Å²) in [6.07, 6.45) is 5.92. The average Bonchev–Trinajstić information content (AvgIpc) is 1.90. The molecule has 0 aromatic rings. The first-order valence-electron chi connectivity index (χ1n) is 2.83. The van der Waals surface area contributed by atoms with Crippen LogP contribution in [0.15, 0.2) is 16.8 Å².